The predicted molar refractivity (Wildman–Crippen MR) is 40.3 cm³/mol. The van der Waals surface area contributed by atoms with Gasteiger partial charge in [-0.1, -0.05) is 0 Å². The van der Waals surface area contributed by atoms with E-state index < -0.39 is 12.4 Å². The van der Waals surface area contributed by atoms with Crippen LogP contribution in [0.4, 0.5) is 0 Å². The summed E-state index contributed by atoms with van der Waals surface area (Å²) < 4.78 is 13.8. The number of carbonyl (C=O) groups excluding carboxylic acids is 1. The largest absolute Gasteiger partial charge is 0.515 e. The highest BCUT2D eigenvalue weighted by Crippen LogP contribution is 2.00. The average molecular weight is 176 g/mol. The number of rotatable bonds is 4. The second kappa shape index (κ2) is 5.56. The Balaban J connectivity index is 3.98. The second-order valence-electron chi connectivity index (χ2n) is 1.98. The van der Waals surface area contributed by atoms with Crippen LogP contribution in [0.2, 0.25) is 0 Å². The van der Waals surface area contributed by atoms with Crippen LogP contribution >= 0.6 is 0 Å². The number of aliphatic hydroxyl groups excluding tert-OH is 1. The van der Waals surface area contributed by atoms with Gasteiger partial charge in [-0.25, -0.2) is 4.79 Å². The minimum Gasteiger partial charge on any atom is -0.515 e. The van der Waals surface area contributed by atoms with Crippen molar-refractivity contribution < 1.29 is 24.1 Å². The van der Waals surface area contributed by atoms with Crippen LogP contribution in [0.15, 0.2) is 11.8 Å². The smallest absolute Gasteiger partial charge is 0.340 e. The molecule has 0 spiro atoms. The molecule has 0 rings (SSSR count). The van der Waals surface area contributed by atoms with Gasteiger partial charge in [0, 0.05) is 14.2 Å². The van der Waals surface area contributed by atoms with Crippen molar-refractivity contribution in [2.75, 3.05) is 14.2 Å². The van der Waals surface area contributed by atoms with Crippen molar-refractivity contribution in [3.05, 3.63) is 11.8 Å². The fourth-order valence-corrected chi connectivity index (χ4v) is 0.425. The van der Waals surface area contributed by atoms with Gasteiger partial charge in [-0.05, 0) is 6.92 Å². The molecule has 0 aliphatic carbocycles. The number of aliphatic hydroxyl groups is 1. The Morgan fingerprint density at radius 3 is 2.25 bits per heavy atom. The van der Waals surface area contributed by atoms with Gasteiger partial charge in [-0.3, -0.25) is 0 Å². The van der Waals surface area contributed by atoms with Crippen LogP contribution in [-0.2, 0) is 19.0 Å². The van der Waals surface area contributed by atoms with Crippen molar-refractivity contribution in [2.24, 2.45) is 0 Å². The summed E-state index contributed by atoms with van der Waals surface area (Å²) in [5.41, 5.74) is 0.0779. The zero-order valence-electron chi connectivity index (χ0n) is 7.23. The Bertz CT molecular complexity index is 171. The van der Waals surface area contributed by atoms with E-state index >= 15 is 0 Å². The van der Waals surface area contributed by atoms with Crippen LogP contribution in [-0.4, -0.2) is 31.8 Å². The first-order chi connectivity index (χ1) is 5.65. The minimum absolute atomic E-state index is 0.0779. The van der Waals surface area contributed by atoms with Gasteiger partial charge in [-0.2, -0.15) is 0 Å². The molecular weight excluding hydrogens is 164 g/mol. The van der Waals surface area contributed by atoms with Crippen molar-refractivity contribution in [3.63, 3.8) is 0 Å². The van der Waals surface area contributed by atoms with Crippen LogP contribution in [0.1, 0.15) is 6.92 Å². The van der Waals surface area contributed by atoms with Gasteiger partial charge in [0.25, 0.3) is 0 Å². The average Bonchev–Trinajstić information content (AvgIpc) is 2.12. The van der Waals surface area contributed by atoms with Crippen LogP contribution in [0.5, 0.6) is 0 Å². The Hall–Kier alpha value is -1.07. The predicted octanol–water partition coefficient (Wildman–Crippen LogP) is 0.568. The molecular formula is C7H12O5. The molecule has 0 aliphatic heterocycles. The van der Waals surface area contributed by atoms with E-state index in [0.717, 1.165) is 0 Å². The van der Waals surface area contributed by atoms with Crippen LogP contribution in [0.25, 0.3) is 0 Å². The van der Waals surface area contributed by atoms with Crippen LogP contribution < -0.4 is 0 Å². The Labute approximate surface area is 70.5 Å². The highest BCUT2D eigenvalue weighted by Gasteiger charge is 2.13. The van der Waals surface area contributed by atoms with Gasteiger partial charge in [0.05, 0.1) is 11.8 Å². The fraction of sp³-hybridized carbons (Fsp3) is 0.571. The SMILES string of the molecule is COC(OC)OC(=O)C(C)=CO. The van der Waals surface area contributed by atoms with E-state index in [1.165, 1.54) is 21.1 Å². The molecule has 0 bridgehead atoms. The van der Waals surface area contributed by atoms with Crippen LogP contribution in [0.3, 0.4) is 0 Å². The van der Waals surface area contributed by atoms with Crippen molar-refractivity contribution >= 4 is 5.97 Å². The molecule has 5 nitrogen and oxygen atoms in total. The van der Waals surface area contributed by atoms with Gasteiger partial charge < -0.3 is 19.3 Å². The van der Waals surface area contributed by atoms with Gasteiger partial charge in [0.2, 0.25) is 0 Å². The van der Waals surface area contributed by atoms with E-state index in [2.05, 4.69) is 14.2 Å². The summed E-state index contributed by atoms with van der Waals surface area (Å²) in [5, 5.41) is 8.42. The Kier molecular flexibility index (Phi) is 5.07. The lowest BCUT2D eigenvalue weighted by molar-refractivity contribution is -0.252. The maximum Gasteiger partial charge on any atom is 0.340 e. The lowest BCUT2D eigenvalue weighted by Gasteiger charge is -2.13. The third-order valence-electron chi connectivity index (χ3n) is 1.10. The van der Waals surface area contributed by atoms with Gasteiger partial charge >= 0.3 is 12.4 Å². The molecule has 0 aliphatic rings. The van der Waals surface area contributed by atoms with Gasteiger partial charge in [0.15, 0.2) is 0 Å². The van der Waals surface area contributed by atoms with Crippen molar-refractivity contribution in [3.8, 4) is 0 Å². The number of esters is 1. The highest BCUT2D eigenvalue weighted by atomic mass is 16.8. The van der Waals surface area contributed by atoms with Gasteiger partial charge in [-0.15, -0.1) is 0 Å². The molecule has 0 aromatic carbocycles. The molecule has 0 radical (unpaired) electrons. The van der Waals surface area contributed by atoms with Crippen molar-refractivity contribution in [1.82, 2.24) is 0 Å². The molecule has 0 fully saturated rings. The van der Waals surface area contributed by atoms with Crippen molar-refractivity contribution in [2.45, 2.75) is 13.4 Å². The number of carbonyl (C=O) groups is 1. The summed E-state index contributed by atoms with van der Waals surface area (Å²) in [5.74, 6) is -0.689. The lowest BCUT2D eigenvalue weighted by atomic mass is 10.3. The number of ether oxygens (including phenoxy) is 3. The van der Waals surface area contributed by atoms with Crippen molar-refractivity contribution in [1.29, 1.82) is 0 Å². The van der Waals surface area contributed by atoms with E-state index in [1.807, 2.05) is 0 Å². The van der Waals surface area contributed by atoms with E-state index in [1.54, 1.807) is 0 Å². The standard InChI is InChI=1S/C7H12O5/c1-5(4-8)6(9)12-7(10-2)11-3/h4,7-8H,1-3H3. The molecule has 0 aromatic heterocycles. The molecule has 0 saturated heterocycles. The number of hydrogen-bond donors (Lipinski definition) is 1. The van der Waals surface area contributed by atoms with E-state index in [4.69, 9.17) is 5.11 Å². The maximum absolute atomic E-state index is 10.9. The summed E-state index contributed by atoms with van der Waals surface area (Å²) in [6.07, 6.45) is 0.657. The summed E-state index contributed by atoms with van der Waals surface area (Å²) in [4.78, 5) is 10.9. The normalized spacial score (nSPS) is 11.8. The summed E-state index contributed by atoms with van der Waals surface area (Å²) in [7, 11) is 2.67. The van der Waals surface area contributed by atoms with E-state index in [0.29, 0.717) is 6.26 Å². The minimum atomic E-state index is -1.03. The molecule has 1 N–H and O–H groups in total. The third-order valence-corrected chi connectivity index (χ3v) is 1.10. The second-order valence-corrected chi connectivity index (χ2v) is 1.98. The summed E-state index contributed by atoms with van der Waals surface area (Å²) in [6, 6.07) is 0. The Morgan fingerprint density at radius 2 is 1.92 bits per heavy atom. The molecule has 0 atom stereocenters. The molecule has 70 valence electrons. The topological polar surface area (TPSA) is 65.0 Å². The molecule has 0 amide bonds. The zero-order chi connectivity index (χ0) is 9.56. The summed E-state index contributed by atoms with van der Waals surface area (Å²) in [6.45, 7) is 0.373. The molecule has 0 aromatic rings. The maximum atomic E-state index is 10.9. The number of methoxy groups -OCH3 is 2. The molecule has 5 heteroatoms. The first-order valence-electron chi connectivity index (χ1n) is 3.23. The first-order valence-corrected chi connectivity index (χ1v) is 3.23. The monoisotopic (exact) mass is 176 g/mol. The lowest BCUT2D eigenvalue weighted by Crippen LogP contribution is -2.22. The first kappa shape index (κ1) is 10.9. The molecule has 0 unspecified atom stereocenters. The van der Waals surface area contributed by atoms with E-state index in [-0.39, 0.29) is 5.57 Å². The third kappa shape index (κ3) is 3.36. The molecule has 12 heavy (non-hydrogen) atoms. The fourth-order valence-electron chi connectivity index (χ4n) is 0.425. The Morgan fingerprint density at radius 1 is 1.42 bits per heavy atom. The zero-order valence-corrected chi connectivity index (χ0v) is 7.23. The quantitative estimate of drug-likeness (QED) is 0.293. The summed E-state index contributed by atoms with van der Waals surface area (Å²) >= 11 is 0. The van der Waals surface area contributed by atoms with E-state index in [9.17, 15) is 4.79 Å². The number of hydrogen-bond acceptors (Lipinski definition) is 5. The van der Waals surface area contributed by atoms with Crippen LogP contribution in [0, 0.1) is 0 Å². The molecule has 0 saturated carbocycles. The highest BCUT2D eigenvalue weighted by molar-refractivity contribution is 5.87. The van der Waals surface area contributed by atoms with Gasteiger partial charge in [0.1, 0.15) is 0 Å². The molecule has 0 heterocycles.